The standard InChI is InChI=1S/C7H16NO.BF3.FH/c1-8(7-9-2)5-3-4-6-8;2-1(3)4;/h3-7H2,1-2H3;;1H/q+1;;/p-1. The Labute approximate surface area is 82.2 Å². The first-order valence-corrected chi connectivity index (χ1v) is 4.25. The highest BCUT2D eigenvalue weighted by atomic mass is 19.4. The van der Waals surface area contributed by atoms with Crippen molar-refractivity contribution in [2.24, 2.45) is 0 Å². The number of rotatable bonds is 2. The lowest BCUT2D eigenvalue weighted by molar-refractivity contribution is -0.916. The molecule has 14 heavy (non-hydrogen) atoms. The minimum atomic E-state index is -3.67. The highest BCUT2D eigenvalue weighted by Gasteiger charge is 2.25. The lowest BCUT2D eigenvalue weighted by atomic mass is 10.4. The van der Waals surface area contributed by atoms with Crippen LogP contribution in [-0.4, -0.2) is 46.0 Å². The molecule has 0 atom stereocenters. The number of methoxy groups -OCH3 is 1. The predicted molar refractivity (Wildman–Crippen MR) is 46.1 cm³/mol. The van der Waals surface area contributed by atoms with Crippen molar-refractivity contribution >= 4 is 7.54 Å². The third-order valence-corrected chi connectivity index (χ3v) is 2.09. The summed E-state index contributed by atoms with van der Waals surface area (Å²) in [5.41, 5.74) is 0. The van der Waals surface area contributed by atoms with Crippen LogP contribution in [0.2, 0.25) is 0 Å². The maximum Gasteiger partial charge on any atom is 0.762 e. The van der Waals surface area contributed by atoms with Crippen LogP contribution in [0.3, 0.4) is 0 Å². The van der Waals surface area contributed by atoms with Gasteiger partial charge in [0.2, 0.25) is 0 Å². The molecule has 0 saturated carbocycles. The average molecular weight is 217 g/mol. The molecule has 1 heterocycles. The van der Waals surface area contributed by atoms with Crippen LogP contribution in [-0.2, 0) is 4.74 Å². The fourth-order valence-corrected chi connectivity index (χ4v) is 1.54. The van der Waals surface area contributed by atoms with Gasteiger partial charge < -0.3 is 13.9 Å². The van der Waals surface area contributed by atoms with E-state index in [2.05, 4.69) is 7.05 Å². The van der Waals surface area contributed by atoms with Gasteiger partial charge in [0.05, 0.1) is 20.1 Å². The number of halogens is 4. The monoisotopic (exact) mass is 217 g/mol. The summed E-state index contributed by atoms with van der Waals surface area (Å²) in [5.74, 6) is 0. The molecule has 0 unspecified atom stereocenters. The highest BCUT2D eigenvalue weighted by molar-refractivity contribution is 6.33. The first kappa shape index (κ1) is 16.1. The van der Waals surface area contributed by atoms with Crippen LogP contribution in [0.5, 0.6) is 0 Å². The summed E-state index contributed by atoms with van der Waals surface area (Å²) in [5, 5.41) is 0. The van der Waals surface area contributed by atoms with E-state index in [-0.39, 0.29) is 4.70 Å². The van der Waals surface area contributed by atoms with Gasteiger partial charge in [-0.15, -0.1) is 0 Å². The van der Waals surface area contributed by atoms with Crippen LogP contribution < -0.4 is 4.70 Å². The van der Waals surface area contributed by atoms with Gasteiger partial charge in [0.15, 0.2) is 6.73 Å². The third-order valence-electron chi connectivity index (χ3n) is 2.09. The van der Waals surface area contributed by atoms with E-state index in [0.29, 0.717) is 0 Å². The molecule has 1 rings (SSSR count). The van der Waals surface area contributed by atoms with Gasteiger partial charge in [0.25, 0.3) is 0 Å². The Morgan fingerprint density at radius 2 is 1.57 bits per heavy atom. The normalized spacial score (nSPS) is 17.8. The zero-order chi connectivity index (χ0) is 10.3. The quantitative estimate of drug-likeness (QED) is 0.318. The first-order chi connectivity index (χ1) is 6.00. The van der Waals surface area contributed by atoms with Crippen LogP contribution in [0.15, 0.2) is 0 Å². The smallest absolute Gasteiger partial charge is 0.762 e. The molecule has 86 valence electrons. The van der Waals surface area contributed by atoms with Crippen molar-refractivity contribution in [3.63, 3.8) is 0 Å². The zero-order valence-electron chi connectivity index (χ0n) is 8.48. The number of quaternary nitrogens is 1. The number of nitrogens with zero attached hydrogens (tertiary/aromatic N) is 1. The van der Waals surface area contributed by atoms with Crippen molar-refractivity contribution < 1.29 is 26.9 Å². The average Bonchev–Trinajstić information content (AvgIpc) is 2.35. The molecule has 1 saturated heterocycles. The SMILES string of the molecule is COC[N+]1(C)CCCC1.FB(F)F.[F-]. The molecule has 0 amide bonds. The summed E-state index contributed by atoms with van der Waals surface area (Å²) in [6.07, 6.45) is 2.75. The van der Waals surface area contributed by atoms with Crippen LogP contribution >= 0.6 is 0 Å². The molecule has 0 aromatic rings. The van der Waals surface area contributed by atoms with E-state index in [1.54, 1.807) is 7.11 Å². The van der Waals surface area contributed by atoms with E-state index < -0.39 is 7.54 Å². The Kier molecular flexibility index (Phi) is 9.28. The van der Waals surface area contributed by atoms with Gasteiger partial charge in [0, 0.05) is 20.0 Å². The van der Waals surface area contributed by atoms with Crippen molar-refractivity contribution in [3.8, 4) is 0 Å². The van der Waals surface area contributed by atoms with E-state index in [1.165, 1.54) is 25.9 Å². The van der Waals surface area contributed by atoms with E-state index in [4.69, 9.17) is 4.74 Å². The minimum Gasteiger partial charge on any atom is -1.00 e. The lowest BCUT2D eigenvalue weighted by Crippen LogP contribution is -3.00. The molecule has 7 heteroatoms. The second-order valence-electron chi connectivity index (χ2n) is 3.44. The molecule has 0 aromatic carbocycles. The molecule has 1 fully saturated rings. The topological polar surface area (TPSA) is 9.23 Å². The Morgan fingerprint density at radius 1 is 1.21 bits per heavy atom. The molecule has 2 nitrogen and oxygen atoms in total. The van der Waals surface area contributed by atoms with E-state index in [0.717, 1.165) is 11.2 Å². The molecule has 0 aliphatic carbocycles. The maximum absolute atomic E-state index is 9.67. The highest BCUT2D eigenvalue weighted by Crippen LogP contribution is 2.14. The maximum atomic E-state index is 9.67. The molecule has 0 radical (unpaired) electrons. The summed E-state index contributed by atoms with van der Waals surface area (Å²) in [6, 6.07) is 0. The lowest BCUT2D eigenvalue weighted by Gasteiger charge is -2.27. The van der Waals surface area contributed by atoms with Crippen molar-refractivity contribution in [1.82, 2.24) is 0 Å². The van der Waals surface area contributed by atoms with Crippen LogP contribution in [0, 0.1) is 0 Å². The number of likely N-dealkylation sites (tertiary alicyclic amines) is 1. The molecule has 1 aliphatic heterocycles. The zero-order valence-corrected chi connectivity index (χ0v) is 8.48. The summed E-state index contributed by atoms with van der Waals surface area (Å²) >= 11 is 0. The number of ether oxygens (including phenoxy) is 1. The van der Waals surface area contributed by atoms with Gasteiger partial charge >= 0.3 is 7.54 Å². The minimum absolute atomic E-state index is 0. The van der Waals surface area contributed by atoms with Crippen molar-refractivity contribution in [3.05, 3.63) is 0 Å². The third kappa shape index (κ3) is 8.31. The Morgan fingerprint density at radius 3 is 1.86 bits per heavy atom. The molecular formula is C7H16BF4NO. The van der Waals surface area contributed by atoms with Gasteiger partial charge in [-0.2, -0.15) is 0 Å². The number of hydrogen-bond acceptors (Lipinski definition) is 1. The van der Waals surface area contributed by atoms with Gasteiger partial charge in [-0.1, -0.05) is 0 Å². The second kappa shape index (κ2) is 8.05. The van der Waals surface area contributed by atoms with Gasteiger partial charge in [-0.05, 0) is 0 Å². The fourth-order valence-electron chi connectivity index (χ4n) is 1.54. The predicted octanol–water partition coefficient (Wildman–Crippen LogP) is -1.29. The van der Waals surface area contributed by atoms with Crippen molar-refractivity contribution in [2.45, 2.75) is 12.8 Å². The molecule has 0 aromatic heterocycles. The molecule has 1 aliphatic rings. The molecular weight excluding hydrogens is 201 g/mol. The first-order valence-electron chi connectivity index (χ1n) is 4.25. The van der Waals surface area contributed by atoms with Crippen molar-refractivity contribution in [2.75, 3.05) is 34.0 Å². The summed E-state index contributed by atoms with van der Waals surface area (Å²) in [4.78, 5) is 0. The molecule has 0 spiro atoms. The van der Waals surface area contributed by atoms with E-state index in [1.807, 2.05) is 0 Å². The van der Waals surface area contributed by atoms with E-state index in [9.17, 15) is 12.9 Å². The van der Waals surface area contributed by atoms with Crippen LogP contribution in [0.4, 0.5) is 12.9 Å². The Bertz CT molecular complexity index is 130. The summed E-state index contributed by atoms with van der Waals surface area (Å²) in [6.45, 7) is 3.49. The van der Waals surface area contributed by atoms with Crippen LogP contribution in [0.25, 0.3) is 0 Å². The summed E-state index contributed by atoms with van der Waals surface area (Å²) in [7, 11) is 0.373. The second-order valence-corrected chi connectivity index (χ2v) is 3.44. The fraction of sp³-hybridized carbons (Fsp3) is 1.00. The summed E-state index contributed by atoms with van der Waals surface area (Å²) < 4.78 is 35.2. The van der Waals surface area contributed by atoms with E-state index >= 15 is 0 Å². The molecule has 0 bridgehead atoms. The largest absolute Gasteiger partial charge is 1.00 e. The van der Waals surface area contributed by atoms with Crippen molar-refractivity contribution in [1.29, 1.82) is 0 Å². The van der Waals surface area contributed by atoms with Crippen LogP contribution in [0.1, 0.15) is 12.8 Å². The van der Waals surface area contributed by atoms with Gasteiger partial charge in [0.1, 0.15) is 0 Å². The Hall–Kier alpha value is -0.295. The van der Waals surface area contributed by atoms with Gasteiger partial charge in [-0.25, -0.2) is 0 Å². The molecule has 0 N–H and O–H groups in total. The Balaban J connectivity index is 0. The number of hydrogen-bond donors (Lipinski definition) is 0. The van der Waals surface area contributed by atoms with Gasteiger partial charge in [-0.3, -0.25) is 12.9 Å².